The van der Waals surface area contributed by atoms with E-state index in [0.717, 1.165) is 17.0 Å². The van der Waals surface area contributed by atoms with E-state index < -0.39 is 31.7 Å². The smallest absolute Gasteiger partial charge is 0.355 e. The summed E-state index contributed by atoms with van der Waals surface area (Å²) in [5.41, 5.74) is 0.206. The van der Waals surface area contributed by atoms with Crippen molar-refractivity contribution in [2.24, 2.45) is 0 Å². The Balaban J connectivity index is 1.70. The van der Waals surface area contributed by atoms with Crippen LogP contribution >= 0.6 is 0 Å². The Kier molecular flexibility index (Phi) is 4.30. The average molecular weight is 432 g/mol. The first kappa shape index (κ1) is 19.3. The van der Waals surface area contributed by atoms with Gasteiger partial charge in [0, 0.05) is 22.2 Å². The van der Waals surface area contributed by atoms with Gasteiger partial charge >= 0.3 is 11.3 Å². The van der Waals surface area contributed by atoms with Crippen molar-refractivity contribution in [1.29, 1.82) is 0 Å². The highest BCUT2D eigenvalue weighted by atomic mass is 32.2. The van der Waals surface area contributed by atoms with Crippen LogP contribution < -0.4 is 11.3 Å². The van der Waals surface area contributed by atoms with Crippen LogP contribution in [0.3, 0.4) is 0 Å². The molecule has 2 heterocycles. The molecule has 2 aromatic heterocycles. The number of rotatable bonds is 3. The summed E-state index contributed by atoms with van der Waals surface area (Å²) in [5.74, 6) is -0.532. The van der Waals surface area contributed by atoms with Gasteiger partial charge in [0.25, 0.3) is 0 Å². The van der Waals surface area contributed by atoms with Crippen LogP contribution in [0.1, 0.15) is 11.1 Å². The molecule has 0 fully saturated rings. The van der Waals surface area contributed by atoms with Crippen molar-refractivity contribution in [2.45, 2.75) is 17.6 Å². The molecule has 3 aromatic carbocycles. The van der Waals surface area contributed by atoms with Crippen molar-refractivity contribution in [3.05, 3.63) is 98.7 Å². The van der Waals surface area contributed by atoms with Crippen LogP contribution in [-0.4, -0.2) is 8.42 Å². The van der Waals surface area contributed by atoms with Gasteiger partial charge in [0.15, 0.2) is 14.7 Å². The quantitative estimate of drug-likeness (QED) is 0.311. The summed E-state index contributed by atoms with van der Waals surface area (Å²) in [4.78, 5) is 24.2. The van der Waals surface area contributed by atoms with Crippen molar-refractivity contribution in [3.8, 4) is 0 Å². The highest BCUT2D eigenvalue weighted by molar-refractivity contribution is 7.90. The molecule has 0 spiro atoms. The van der Waals surface area contributed by atoms with Crippen molar-refractivity contribution in [3.63, 3.8) is 0 Å². The van der Waals surface area contributed by atoms with E-state index >= 15 is 0 Å². The van der Waals surface area contributed by atoms with Crippen LogP contribution in [0.25, 0.3) is 32.7 Å². The van der Waals surface area contributed by atoms with Gasteiger partial charge in [-0.2, -0.15) is 0 Å². The SMILES string of the molecule is Cc1ccc2oc(=O)c(S(=O)(=O)Cc3cc(=O)oc4c3ccc3ccccc34)cc2c1. The zero-order chi connectivity index (χ0) is 21.8. The molecule has 0 atom stereocenters. The van der Waals surface area contributed by atoms with Crippen molar-refractivity contribution >= 4 is 42.5 Å². The predicted octanol–water partition coefficient (Wildman–Crippen LogP) is 4.33. The zero-order valence-corrected chi connectivity index (χ0v) is 17.2. The minimum atomic E-state index is -4.10. The Labute approximate surface area is 176 Å². The zero-order valence-electron chi connectivity index (χ0n) is 16.4. The van der Waals surface area contributed by atoms with Gasteiger partial charge in [0.05, 0.1) is 5.75 Å². The summed E-state index contributed by atoms with van der Waals surface area (Å²) in [6.45, 7) is 1.86. The first-order chi connectivity index (χ1) is 14.8. The standard InChI is InChI=1S/C24H16O6S/c1-14-6-9-20-16(10-14)11-21(24(26)29-20)31(27,28)13-17-12-22(25)30-23-18-5-3-2-4-15(18)7-8-19(17)23/h2-12H,13H2,1H3. The molecule has 5 rings (SSSR count). The lowest BCUT2D eigenvalue weighted by molar-refractivity contribution is 0.532. The number of aryl methyl sites for hydroxylation is 1. The molecule has 0 saturated heterocycles. The van der Waals surface area contributed by atoms with Crippen LogP contribution in [0.5, 0.6) is 0 Å². The first-order valence-electron chi connectivity index (χ1n) is 9.54. The Hall–Kier alpha value is -3.71. The first-order valence-corrected chi connectivity index (χ1v) is 11.2. The maximum atomic E-state index is 13.2. The molecule has 0 aliphatic rings. The molecule has 0 radical (unpaired) electrons. The van der Waals surface area contributed by atoms with Crippen LogP contribution in [0.15, 0.2) is 90.0 Å². The van der Waals surface area contributed by atoms with E-state index in [2.05, 4.69) is 0 Å². The fraction of sp³-hybridized carbons (Fsp3) is 0.0833. The van der Waals surface area contributed by atoms with E-state index in [1.165, 1.54) is 6.07 Å². The normalized spacial score (nSPS) is 12.0. The second kappa shape index (κ2) is 6.92. The van der Waals surface area contributed by atoms with Crippen molar-refractivity contribution in [2.75, 3.05) is 0 Å². The number of benzene rings is 3. The second-order valence-electron chi connectivity index (χ2n) is 7.45. The van der Waals surface area contributed by atoms with E-state index in [4.69, 9.17) is 8.83 Å². The Morgan fingerprint density at radius 2 is 1.61 bits per heavy atom. The molecule has 154 valence electrons. The van der Waals surface area contributed by atoms with E-state index in [9.17, 15) is 18.0 Å². The predicted molar refractivity (Wildman–Crippen MR) is 118 cm³/mol. The van der Waals surface area contributed by atoms with Crippen LogP contribution in [0.4, 0.5) is 0 Å². The second-order valence-corrected chi connectivity index (χ2v) is 9.41. The Morgan fingerprint density at radius 1 is 0.806 bits per heavy atom. The summed E-state index contributed by atoms with van der Waals surface area (Å²) >= 11 is 0. The number of hydrogen-bond acceptors (Lipinski definition) is 6. The summed E-state index contributed by atoms with van der Waals surface area (Å²) in [7, 11) is -4.10. The van der Waals surface area contributed by atoms with Crippen LogP contribution in [0.2, 0.25) is 0 Å². The fourth-order valence-electron chi connectivity index (χ4n) is 3.80. The third-order valence-electron chi connectivity index (χ3n) is 5.26. The minimum Gasteiger partial charge on any atom is -0.422 e. The van der Waals surface area contributed by atoms with Gasteiger partial charge < -0.3 is 8.83 Å². The van der Waals surface area contributed by atoms with Gasteiger partial charge in [0.2, 0.25) is 0 Å². The van der Waals surface area contributed by atoms with Gasteiger partial charge in [-0.05, 0) is 36.1 Å². The maximum Gasteiger partial charge on any atom is 0.355 e. The van der Waals surface area contributed by atoms with E-state index in [0.29, 0.717) is 27.3 Å². The van der Waals surface area contributed by atoms with Gasteiger partial charge in [-0.3, -0.25) is 0 Å². The molecule has 0 saturated carbocycles. The van der Waals surface area contributed by atoms with E-state index in [1.54, 1.807) is 30.3 Å². The highest BCUT2D eigenvalue weighted by Crippen LogP contribution is 2.28. The fourth-order valence-corrected chi connectivity index (χ4v) is 5.20. The van der Waals surface area contributed by atoms with Crippen molar-refractivity contribution in [1.82, 2.24) is 0 Å². The number of hydrogen-bond donors (Lipinski definition) is 0. The molecule has 0 aliphatic carbocycles. The molecule has 0 aliphatic heterocycles. The lowest BCUT2D eigenvalue weighted by Crippen LogP contribution is -2.16. The third kappa shape index (κ3) is 3.33. The van der Waals surface area contributed by atoms with Crippen molar-refractivity contribution < 1.29 is 17.3 Å². The summed E-state index contributed by atoms with van der Waals surface area (Å²) in [6.07, 6.45) is 0. The third-order valence-corrected chi connectivity index (χ3v) is 6.90. The molecule has 0 N–H and O–H groups in total. The van der Waals surface area contributed by atoms with Gasteiger partial charge in [-0.1, -0.05) is 48.0 Å². The maximum absolute atomic E-state index is 13.2. The van der Waals surface area contributed by atoms with Gasteiger partial charge in [-0.25, -0.2) is 18.0 Å². The van der Waals surface area contributed by atoms with Gasteiger partial charge in [0.1, 0.15) is 11.2 Å². The summed E-state index contributed by atoms with van der Waals surface area (Å²) < 4.78 is 37.0. The molecule has 0 bridgehead atoms. The average Bonchev–Trinajstić information content (AvgIpc) is 2.73. The summed E-state index contributed by atoms with van der Waals surface area (Å²) in [6, 6.07) is 18.5. The summed E-state index contributed by atoms with van der Waals surface area (Å²) in [5, 5.41) is 2.59. The largest absolute Gasteiger partial charge is 0.422 e. The molecule has 7 heteroatoms. The topological polar surface area (TPSA) is 94.6 Å². The molecule has 0 amide bonds. The lowest BCUT2D eigenvalue weighted by atomic mass is 10.0. The van der Waals surface area contributed by atoms with Crippen LogP contribution in [-0.2, 0) is 15.6 Å². The number of sulfone groups is 1. The minimum absolute atomic E-state index is 0.265. The molecule has 6 nitrogen and oxygen atoms in total. The van der Waals surface area contributed by atoms with Gasteiger partial charge in [-0.15, -0.1) is 0 Å². The van der Waals surface area contributed by atoms with Crippen LogP contribution in [0, 0.1) is 6.92 Å². The molecular weight excluding hydrogens is 416 g/mol. The Bertz CT molecular complexity index is 1730. The monoisotopic (exact) mass is 432 g/mol. The number of fused-ring (bicyclic) bond motifs is 4. The lowest BCUT2D eigenvalue weighted by Gasteiger charge is -2.09. The molecule has 5 aromatic rings. The Morgan fingerprint density at radius 3 is 2.45 bits per heavy atom. The molecule has 31 heavy (non-hydrogen) atoms. The van der Waals surface area contributed by atoms with E-state index in [1.807, 2.05) is 31.2 Å². The molecular formula is C24H16O6S. The molecule has 0 unspecified atom stereocenters. The van der Waals surface area contributed by atoms with E-state index in [-0.39, 0.29) is 5.56 Å². The highest BCUT2D eigenvalue weighted by Gasteiger charge is 2.23.